The van der Waals surface area contributed by atoms with Crippen LogP contribution in [-0.4, -0.2) is 42.7 Å². The number of halogens is 3. The Morgan fingerprint density at radius 1 is 1.28 bits per heavy atom. The second kappa shape index (κ2) is 7.67. The Morgan fingerprint density at radius 2 is 1.93 bits per heavy atom. The fourth-order valence-corrected chi connectivity index (χ4v) is 5.17. The summed E-state index contributed by atoms with van der Waals surface area (Å²) in [5, 5.41) is 6.18. The first-order valence-corrected chi connectivity index (χ1v) is 10.0. The molecular weight excluding hydrogens is 415 g/mol. The van der Waals surface area contributed by atoms with Crippen LogP contribution >= 0.6 is 0 Å². The zero-order valence-corrected chi connectivity index (χ0v) is 16.3. The number of ether oxygens (including phenoxy) is 1. The number of aryl methyl sites for hydroxylation is 2. The molecule has 1 aromatic heterocycles. The summed E-state index contributed by atoms with van der Waals surface area (Å²) < 4.78 is 72.5. The molecule has 2 aromatic rings. The normalized spacial score (nSPS) is 18.0. The number of nitrogens with zero attached hydrogens (tertiary/aromatic N) is 2. The predicted octanol–water partition coefficient (Wildman–Crippen LogP) is 2.98. The molecule has 0 bridgehead atoms. The summed E-state index contributed by atoms with van der Waals surface area (Å²) >= 11 is 0. The lowest BCUT2D eigenvalue weighted by atomic mass is 10.2. The third-order valence-corrected chi connectivity index (χ3v) is 6.55. The smallest absolute Gasteiger partial charge is 0.406 e. The average molecular weight is 433 g/mol. The highest BCUT2D eigenvalue weighted by Crippen LogP contribution is 2.30. The maximum Gasteiger partial charge on any atom is 0.573 e. The van der Waals surface area contributed by atoms with Gasteiger partial charge in [-0.2, -0.15) is 4.31 Å². The molecule has 29 heavy (non-hydrogen) atoms. The average Bonchev–Trinajstić information content (AvgIpc) is 3.23. The van der Waals surface area contributed by atoms with E-state index in [1.54, 1.807) is 0 Å². The van der Waals surface area contributed by atoms with Gasteiger partial charge in [-0.25, -0.2) is 8.42 Å². The van der Waals surface area contributed by atoms with E-state index in [0.29, 0.717) is 12.8 Å². The van der Waals surface area contributed by atoms with Crippen molar-refractivity contribution in [2.75, 3.05) is 11.9 Å². The standard InChI is InChI=1S/C17H18F3N3O5S/c1-10-15(11(2)28-22-10)29(25,26)23-9-3-4-14(23)16(24)21-12-5-7-13(8-6-12)27-17(18,19)20/h5-8,14H,3-4,9H2,1-2H3,(H,21,24)/t14-/m0/s1. The molecule has 8 nitrogen and oxygen atoms in total. The van der Waals surface area contributed by atoms with Crippen molar-refractivity contribution < 1.29 is 35.6 Å². The van der Waals surface area contributed by atoms with Gasteiger partial charge in [0.15, 0.2) is 5.76 Å². The minimum atomic E-state index is -4.82. The Balaban J connectivity index is 1.75. The summed E-state index contributed by atoms with van der Waals surface area (Å²) in [6, 6.07) is 3.62. The Hall–Kier alpha value is -2.60. The zero-order valence-electron chi connectivity index (χ0n) is 15.5. The second-order valence-electron chi connectivity index (χ2n) is 6.49. The van der Waals surface area contributed by atoms with E-state index in [1.807, 2.05) is 0 Å². The van der Waals surface area contributed by atoms with Crippen molar-refractivity contribution in [3.63, 3.8) is 0 Å². The molecule has 0 spiro atoms. The van der Waals surface area contributed by atoms with Gasteiger partial charge in [0.2, 0.25) is 15.9 Å². The van der Waals surface area contributed by atoms with Crippen molar-refractivity contribution in [3.8, 4) is 5.75 Å². The minimum Gasteiger partial charge on any atom is -0.406 e. The lowest BCUT2D eigenvalue weighted by molar-refractivity contribution is -0.274. The molecule has 0 radical (unpaired) electrons. The van der Waals surface area contributed by atoms with Gasteiger partial charge in [0, 0.05) is 12.2 Å². The Labute approximate surface area is 164 Å². The summed E-state index contributed by atoms with van der Waals surface area (Å²) in [5.41, 5.74) is 0.417. The molecule has 1 saturated heterocycles. The first-order valence-electron chi connectivity index (χ1n) is 8.60. The van der Waals surface area contributed by atoms with E-state index >= 15 is 0 Å². The van der Waals surface area contributed by atoms with Crippen LogP contribution in [0.4, 0.5) is 18.9 Å². The van der Waals surface area contributed by atoms with Crippen LogP contribution < -0.4 is 10.1 Å². The van der Waals surface area contributed by atoms with Crippen LogP contribution in [0.25, 0.3) is 0 Å². The lowest BCUT2D eigenvalue weighted by Gasteiger charge is -2.23. The highest BCUT2D eigenvalue weighted by molar-refractivity contribution is 7.89. The molecule has 12 heteroatoms. The van der Waals surface area contributed by atoms with E-state index in [0.717, 1.165) is 16.4 Å². The molecule has 3 rings (SSSR count). The second-order valence-corrected chi connectivity index (χ2v) is 8.32. The number of nitrogens with one attached hydrogen (secondary N) is 1. The van der Waals surface area contributed by atoms with Crippen molar-refractivity contribution in [1.29, 1.82) is 0 Å². The van der Waals surface area contributed by atoms with Crippen LogP contribution in [0.1, 0.15) is 24.3 Å². The number of carbonyl (C=O) groups excluding carboxylic acids is 1. The maximum atomic E-state index is 13.0. The summed E-state index contributed by atoms with van der Waals surface area (Å²) in [7, 11) is -4.00. The van der Waals surface area contributed by atoms with Crippen molar-refractivity contribution in [2.45, 2.75) is 44.0 Å². The first kappa shape index (κ1) is 21.1. The van der Waals surface area contributed by atoms with Crippen molar-refractivity contribution in [1.82, 2.24) is 9.46 Å². The number of aromatic nitrogens is 1. The monoisotopic (exact) mass is 433 g/mol. The van der Waals surface area contributed by atoms with E-state index in [2.05, 4.69) is 15.2 Å². The van der Waals surface area contributed by atoms with Crippen LogP contribution in [0.2, 0.25) is 0 Å². The topological polar surface area (TPSA) is 102 Å². The van der Waals surface area contributed by atoms with Crippen LogP contribution in [0.3, 0.4) is 0 Å². The number of carbonyl (C=O) groups is 1. The number of benzene rings is 1. The predicted molar refractivity (Wildman–Crippen MR) is 94.6 cm³/mol. The molecular formula is C17H18F3N3O5S. The molecule has 1 N–H and O–H groups in total. The van der Waals surface area contributed by atoms with Crippen molar-refractivity contribution in [3.05, 3.63) is 35.7 Å². The SMILES string of the molecule is Cc1noc(C)c1S(=O)(=O)N1CCC[C@H]1C(=O)Nc1ccc(OC(F)(F)F)cc1. The number of rotatable bonds is 5. The van der Waals surface area contributed by atoms with Crippen molar-refractivity contribution in [2.24, 2.45) is 0 Å². The van der Waals surface area contributed by atoms with Gasteiger partial charge in [0.25, 0.3) is 0 Å². The third kappa shape index (κ3) is 4.53. The van der Waals surface area contributed by atoms with E-state index in [9.17, 15) is 26.4 Å². The number of hydrogen-bond donors (Lipinski definition) is 1. The van der Waals surface area contributed by atoms with Gasteiger partial charge in [-0.05, 0) is 51.0 Å². The van der Waals surface area contributed by atoms with E-state index < -0.39 is 34.1 Å². The van der Waals surface area contributed by atoms with Gasteiger partial charge in [-0.1, -0.05) is 5.16 Å². The fraction of sp³-hybridized carbons (Fsp3) is 0.412. The Morgan fingerprint density at radius 3 is 2.48 bits per heavy atom. The van der Waals surface area contributed by atoms with Crippen LogP contribution in [-0.2, 0) is 14.8 Å². The summed E-state index contributed by atoms with van der Waals surface area (Å²) in [5.74, 6) is -0.880. The van der Waals surface area contributed by atoms with E-state index in [1.165, 1.54) is 26.0 Å². The van der Waals surface area contributed by atoms with Crippen LogP contribution in [0.15, 0.2) is 33.7 Å². The molecule has 1 aromatic carbocycles. The van der Waals surface area contributed by atoms with Crippen LogP contribution in [0.5, 0.6) is 5.75 Å². The number of hydrogen-bond acceptors (Lipinski definition) is 6. The summed E-state index contributed by atoms with van der Waals surface area (Å²) in [6.45, 7) is 3.13. The number of anilines is 1. The van der Waals surface area contributed by atoms with Gasteiger partial charge in [0.05, 0.1) is 0 Å². The largest absolute Gasteiger partial charge is 0.573 e. The molecule has 1 aliphatic heterocycles. The molecule has 0 unspecified atom stereocenters. The van der Waals surface area contributed by atoms with Crippen LogP contribution in [0, 0.1) is 13.8 Å². The van der Waals surface area contributed by atoms with Gasteiger partial charge in [0.1, 0.15) is 22.4 Å². The number of alkyl halides is 3. The molecule has 1 aliphatic rings. The quantitative estimate of drug-likeness (QED) is 0.778. The van der Waals surface area contributed by atoms with Gasteiger partial charge >= 0.3 is 6.36 Å². The zero-order chi connectivity index (χ0) is 21.4. The minimum absolute atomic E-state index is 0.0640. The summed E-state index contributed by atoms with van der Waals surface area (Å²) in [4.78, 5) is 12.6. The third-order valence-electron chi connectivity index (χ3n) is 4.40. The Kier molecular flexibility index (Phi) is 5.59. The first-order chi connectivity index (χ1) is 13.5. The van der Waals surface area contributed by atoms with Gasteiger partial charge in [-0.15, -0.1) is 13.2 Å². The molecule has 1 fully saturated rings. The fourth-order valence-electron chi connectivity index (χ4n) is 3.22. The lowest BCUT2D eigenvalue weighted by Crippen LogP contribution is -2.43. The van der Waals surface area contributed by atoms with E-state index in [-0.39, 0.29) is 28.6 Å². The molecule has 1 atom stereocenters. The van der Waals surface area contributed by atoms with E-state index in [4.69, 9.17) is 4.52 Å². The molecule has 1 amide bonds. The molecule has 0 saturated carbocycles. The molecule has 158 valence electrons. The Bertz CT molecular complexity index is 983. The number of sulfonamides is 1. The maximum absolute atomic E-state index is 13.0. The number of amides is 1. The highest BCUT2D eigenvalue weighted by Gasteiger charge is 2.42. The summed E-state index contributed by atoms with van der Waals surface area (Å²) in [6.07, 6.45) is -4.02. The van der Waals surface area contributed by atoms with Gasteiger partial charge in [-0.3, -0.25) is 4.79 Å². The van der Waals surface area contributed by atoms with Gasteiger partial charge < -0.3 is 14.6 Å². The highest BCUT2D eigenvalue weighted by atomic mass is 32.2. The van der Waals surface area contributed by atoms with Crippen molar-refractivity contribution >= 4 is 21.6 Å². The molecule has 0 aliphatic carbocycles. The molecule has 2 heterocycles.